The summed E-state index contributed by atoms with van der Waals surface area (Å²) in [4.78, 5) is 23.9. The van der Waals surface area contributed by atoms with Crippen molar-refractivity contribution in [2.24, 2.45) is 0 Å². The average molecular weight is 320 g/mol. The molecule has 0 fully saturated rings. The van der Waals surface area contributed by atoms with Gasteiger partial charge in [0.1, 0.15) is 5.75 Å². The molecule has 0 saturated heterocycles. The van der Waals surface area contributed by atoms with E-state index in [9.17, 15) is 9.59 Å². The maximum absolute atomic E-state index is 12.8. The van der Waals surface area contributed by atoms with E-state index in [1.54, 1.807) is 49.6 Å². The van der Waals surface area contributed by atoms with E-state index < -0.39 is 5.97 Å². The molecule has 4 heteroatoms. The fraction of sp³-hybridized carbons (Fsp3) is 0.100. The van der Waals surface area contributed by atoms with Gasteiger partial charge in [-0.15, -0.1) is 0 Å². The first-order valence-electron chi connectivity index (χ1n) is 7.51. The monoisotopic (exact) mass is 320 g/mol. The molecule has 1 N–H and O–H groups in total. The summed E-state index contributed by atoms with van der Waals surface area (Å²) in [6.45, 7) is 0. The van der Waals surface area contributed by atoms with Crippen LogP contribution >= 0.6 is 0 Å². The summed E-state index contributed by atoms with van der Waals surface area (Å²) >= 11 is 0. The number of aliphatic carboxylic acids is 1. The fourth-order valence-corrected chi connectivity index (χ4v) is 2.77. The number of fused-ring (bicyclic) bond motifs is 1. The zero-order chi connectivity index (χ0) is 17.1. The van der Waals surface area contributed by atoms with Crippen LogP contribution in [0.3, 0.4) is 0 Å². The van der Waals surface area contributed by atoms with Crippen LogP contribution in [0.5, 0.6) is 5.75 Å². The molecular formula is C20H16O4. The molecule has 3 aromatic carbocycles. The number of hydrogen-bond donors (Lipinski definition) is 1. The van der Waals surface area contributed by atoms with E-state index in [0.29, 0.717) is 22.4 Å². The molecule has 24 heavy (non-hydrogen) atoms. The van der Waals surface area contributed by atoms with Crippen LogP contribution in [0.25, 0.3) is 10.8 Å². The largest absolute Gasteiger partial charge is 0.497 e. The lowest BCUT2D eigenvalue weighted by Gasteiger charge is -2.11. The second-order valence-corrected chi connectivity index (χ2v) is 5.45. The van der Waals surface area contributed by atoms with Crippen LogP contribution in [-0.4, -0.2) is 24.0 Å². The first kappa shape index (κ1) is 15.7. The number of carbonyl (C=O) groups is 2. The number of carboxylic acids is 1. The molecule has 3 aromatic rings. The Bertz CT molecular complexity index is 914. The van der Waals surface area contributed by atoms with Gasteiger partial charge in [0.25, 0.3) is 0 Å². The number of methoxy groups -OCH3 is 1. The molecule has 0 unspecified atom stereocenters. The Morgan fingerprint density at radius 2 is 1.71 bits per heavy atom. The Balaban J connectivity index is 2.20. The van der Waals surface area contributed by atoms with E-state index in [-0.39, 0.29) is 12.2 Å². The molecule has 0 amide bonds. The first-order valence-corrected chi connectivity index (χ1v) is 7.51. The van der Waals surface area contributed by atoms with Crippen LogP contribution in [0.2, 0.25) is 0 Å². The maximum atomic E-state index is 12.8. The van der Waals surface area contributed by atoms with Gasteiger partial charge < -0.3 is 9.84 Å². The molecular weight excluding hydrogens is 304 g/mol. The lowest BCUT2D eigenvalue weighted by molar-refractivity contribution is -0.136. The predicted molar refractivity (Wildman–Crippen MR) is 91.7 cm³/mol. The molecule has 0 radical (unpaired) electrons. The second-order valence-electron chi connectivity index (χ2n) is 5.45. The molecule has 0 aliphatic heterocycles. The third-order valence-electron chi connectivity index (χ3n) is 3.94. The number of carbonyl (C=O) groups excluding carboxylic acids is 1. The number of ketones is 1. The molecule has 0 aliphatic rings. The van der Waals surface area contributed by atoms with E-state index in [1.165, 1.54) is 0 Å². The van der Waals surface area contributed by atoms with Crippen LogP contribution in [0.1, 0.15) is 21.5 Å². The highest BCUT2D eigenvalue weighted by atomic mass is 16.5. The zero-order valence-corrected chi connectivity index (χ0v) is 13.2. The van der Waals surface area contributed by atoms with Crippen LogP contribution in [0.15, 0.2) is 60.7 Å². The van der Waals surface area contributed by atoms with Crippen LogP contribution in [-0.2, 0) is 11.2 Å². The van der Waals surface area contributed by atoms with Crippen molar-refractivity contribution in [2.75, 3.05) is 7.11 Å². The minimum absolute atomic E-state index is 0.0901. The van der Waals surface area contributed by atoms with Gasteiger partial charge in [-0.05, 0) is 34.5 Å². The van der Waals surface area contributed by atoms with Gasteiger partial charge in [-0.25, -0.2) is 0 Å². The third-order valence-corrected chi connectivity index (χ3v) is 3.94. The highest BCUT2D eigenvalue weighted by Crippen LogP contribution is 2.29. The van der Waals surface area contributed by atoms with Crippen molar-refractivity contribution in [1.82, 2.24) is 0 Å². The molecule has 4 nitrogen and oxygen atoms in total. The number of ether oxygens (including phenoxy) is 1. The van der Waals surface area contributed by atoms with Gasteiger partial charge in [0, 0.05) is 11.1 Å². The molecule has 120 valence electrons. The van der Waals surface area contributed by atoms with Gasteiger partial charge in [0.2, 0.25) is 0 Å². The molecule has 0 atom stereocenters. The van der Waals surface area contributed by atoms with Crippen molar-refractivity contribution in [3.63, 3.8) is 0 Å². The van der Waals surface area contributed by atoms with E-state index in [2.05, 4.69) is 0 Å². The lowest BCUT2D eigenvalue weighted by Crippen LogP contribution is -2.05. The lowest BCUT2D eigenvalue weighted by atomic mass is 9.93. The summed E-state index contributed by atoms with van der Waals surface area (Å²) in [5.74, 6) is -0.382. The Morgan fingerprint density at radius 1 is 0.958 bits per heavy atom. The molecule has 3 rings (SSSR count). The zero-order valence-electron chi connectivity index (χ0n) is 13.2. The number of hydrogen-bond acceptors (Lipinski definition) is 3. The second kappa shape index (κ2) is 6.54. The minimum Gasteiger partial charge on any atom is -0.497 e. The smallest absolute Gasteiger partial charge is 0.307 e. The van der Waals surface area contributed by atoms with Gasteiger partial charge in [0.15, 0.2) is 5.78 Å². The van der Waals surface area contributed by atoms with Crippen LogP contribution < -0.4 is 4.74 Å². The van der Waals surface area contributed by atoms with Gasteiger partial charge >= 0.3 is 5.97 Å². The molecule has 0 heterocycles. The molecule has 0 aliphatic carbocycles. The average Bonchev–Trinajstić information content (AvgIpc) is 2.61. The van der Waals surface area contributed by atoms with E-state index >= 15 is 0 Å². The van der Waals surface area contributed by atoms with E-state index in [0.717, 1.165) is 10.8 Å². The van der Waals surface area contributed by atoms with Gasteiger partial charge in [-0.3, -0.25) is 9.59 Å². The number of carboxylic acid groups (broad SMARTS) is 1. The Hall–Kier alpha value is -3.14. The summed E-state index contributed by atoms with van der Waals surface area (Å²) in [6, 6.07) is 17.8. The van der Waals surface area contributed by atoms with Crippen molar-refractivity contribution in [1.29, 1.82) is 0 Å². The standard InChI is InChI=1S/C20H16O4/c1-24-15-8-10-16-17(20(23)13-5-3-2-4-6-13)9-7-14(11-19(21)22)18(16)12-15/h2-10,12H,11H2,1H3,(H,21,22). The SMILES string of the molecule is COc1ccc2c(C(=O)c3ccccc3)ccc(CC(=O)O)c2c1. The summed E-state index contributed by atoms with van der Waals surface area (Å²) in [6.07, 6.45) is -0.108. The summed E-state index contributed by atoms with van der Waals surface area (Å²) in [5, 5.41) is 10.6. The molecule has 0 aromatic heterocycles. The predicted octanol–water partition coefficient (Wildman–Crippen LogP) is 3.71. The minimum atomic E-state index is -0.916. The molecule has 0 spiro atoms. The van der Waals surface area contributed by atoms with Crippen LogP contribution in [0.4, 0.5) is 0 Å². The van der Waals surface area contributed by atoms with Gasteiger partial charge in [-0.1, -0.05) is 42.5 Å². The molecule has 0 saturated carbocycles. The van der Waals surface area contributed by atoms with E-state index in [1.807, 2.05) is 18.2 Å². The summed E-state index contributed by atoms with van der Waals surface area (Å²) in [7, 11) is 1.55. The van der Waals surface area contributed by atoms with Gasteiger partial charge in [-0.2, -0.15) is 0 Å². The quantitative estimate of drug-likeness (QED) is 0.728. The van der Waals surface area contributed by atoms with Crippen molar-refractivity contribution in [2.45, 2.75) is 6.42 Å². The maximum Gasteiger partial charge on any atom is 0.307 e. The Morgan fingerprint density at radius 3 is 2.38 bits per heavy atom. The Labute approximate surface area is 139 Å². The van der Waals surface area contributed by atoms with E-state index in [4.69, 9.17) is 9.84 Å². The van der Waals surface area contributed by atoms with Crippen molar-refractivity contribution >= 4 is 22.5 Å². The normalized spacial score (nSPS) is 10.5. The number of rotatable bonds is 5. The third kappa shape index (κ3) is 2.99. The summed E-state index contributed by atoms with van der Waals surface area (Å²) < 4.78 is 5.23. The fourth-order valence-electron chi connectivity index (χ4n) is 2.77. The summed E-state index contributed by atoms with van der Waals surface area (Å²) in [5.41, 5.74) is 1.80. The van der Waals surface area contributed by atoms with Crippen LogP contribution in [0, 0.1) is 0 Å². The molecule has 0 bridgehead atoms. The number of benzene rings is 3. The topological polar surface area (TPSA) is 63.6 Å². The van der Waals surface area contributed by atoms with Crippen molar-refractivity contribution in [3.8, 4) is 5.75 Å². The highest BCUT2D eigenvalue weighted by Gasteiger charge is 2.16. The highest BCUT2D eigenvalue weighted by molar-refractivity contribution is 6.17. The Kier molecular flexibility index (Phi) is 4.29. The van der Waals surface area contributed by atoms with Crippen molar-refractivity contribution < 1.29 is 19.4 Å². The van der Waals surface area contributed by atoms with Gasteiger partial charge in [0.05, 0.1) is 13.5 Å². The first-order chi connectivity index (χ1) is 11.6. The van der Waals surface area contributed by atoms with Crippen molar-refractivity contribution in [3.05, 3.63) is 77.4 Å².